The number of esters is 2. The minimum Gasteiger partial charge on any atom is -0.465 e. The number of ether oxygens (including phenoxy) is 2. The molecule has 124 valence electrons. The molecular weight excluding hydrogens is 316 g/mol. The van der Waals surface area contributed by atoms with Gasteiger partial charge in [-0.3, -0.25) is 9.59 Å². The highest BCUT2D eigenvalue weighted by Gasteiger charge is 2.18. The highest BCUT2D eigenvalue weighted by molar-refractivity contribution is 6.08. The lowest BCUT2D eigenvalue weighted by molar-refractivity contribution is 0.0587. The lowest BCUT2D eigenvalue weighted by atomic mass is 10.1. The molecule has 2 N–H and O–H groups in total. The van der Waals surface area contributed by atoms with Crippen LogP contribution in [0, 0.1) is 0 Å². The van der Waals surface area contributed by atoms with Gasteiger partial charge in [0.25, 0.3) is 5.91 Å². The van der Waals surface area contributed by atoms with Gasteiger partial charge in [-0.2, -0.15) is 0 Å². The number of pyridine rings is 1. The Hall–Kier alpha value is -3.42. The Labute approximate surface area is 136 Å². The molecular formula is C16H14N2O6. The largest absolute Gasteiger partial charge is 0.465 e. The maximum Gasteiger partial charge on any atom is 0.339 e. The molecule has 0 spiro atoms. The summed E-state index contributed by atoms with van der Waals surface area (Å²) in [4.78, 5) is 49.4. The van der Waals surface area contributed by atoms with Crippen LogP contribution in [0.5, 0.6) is 0 Å². The van der Waals surface area contributed by atoms with Crippen molar-refractivity contribution in [2.45, 2.75) is 0 Å². The van der Waals surface area contributed by atoms with Crippen molar-refractivity contribution < 1.29 is 23.9 Å². The van der Waals surface area contributed by atoms with Crippen molar-refractivity contribution in [3.05, 3.63) is 63.6 Å². The highest BCUT2D eigenvalue weighted by atomic mass is 16.5. The van der Waals surface area contributed by atoms with Crippen LogP contribution in [0.4, 0.5) is 5.69 Å². The predicted octanol–water partition coefficient (Wildman–Crippen LogP) is 1.20. The third-order valence-corrected chi connectivity index (χ3v) is 3.13. The number of H-pyrrole nitrogens is 1. The minimum absolute atomic E-state index is 0.0587. The Morgan fingerprint density at radius 3 is 2.29 bits per heavy atom. The fourth-order valence-corrected chi connectivity index (χ4v) is 1.96. The van der Waals surface area contributed by atoms with Crippen molar-refractivity contribution in [2.75, 3.05) is 19.5 Å². The molecule has 0 saturated carbocycles. The van der Waals surface area contributed by atoms with Gasteiger partial charge in [-0.1, -0.05) is 0 Å². The summed E-state index contributed by atoms with van der Waals surface area (Å²) in [7, 11) is 2.41. The molecule has 0 aliphatic carbocycles. The van der Waals surface area contributed by atoms with Gasteiger partial charge in [0.05, 0.1) is 31.0 Å². The normalized spacial score (nSPS) is 9.92. The quantitative estimate of drug-likeness (QED) is 0.814. The van der Waals surface area contributed by atoms with Crippen molar-refractivity contribution in [3.8, 4) is 0 Å². The van der Waals surface area contributed by atoms with Crippen LogP contribution >= 0.6 is 0 Å². The van der Waals surface area contributed by atoms with E-state index in [1.54, 1.807) is 0 Å². The average molecular weight is 330 g/mol. The van der Waals surface area contributed by atoms with Crippen molar-refractivity contribution in [1.82, 2.24) is 4.98 Å². The first-order valence-corrected chi connectivity index (χ1v) is 6.77. The van der Waals surface area contributed by atoms with Crippen molar-refractivity contribution in [1.29, 1.82) is 0 Å². The van der Waals surface area contributed by atoms with Gasteiger partial charge in [-0.25, -0.2) is 9.59 Å². The third kappa shape index (κ3) is 3.67. The number of amides is 1. The number of aromatic amines is 1. The molecule has 1 heterocycles. The van der Waals surface area contributed by atoms with Gasteiger partial charge in [0.2, 0.25) is 5.56 Å². The first kappa shape index (κ1) is 16.9. The molecule has 0 aliphatic heterocycles. The van der Waals surface area contributed by atoms with Crippen LogP contribution in [0.25, 0.3) is 0 Å². The molecule has 1 amide bonds. The summed E-state index contributed by atoms with van der Waals surface area (Å²) in [5.41, 5.74) is -0.0815. The van der Waals surface area contributed by atoms with E-state index < -0.39 is 23.4 Å². The van der Waals surface area contributed by atoms with E-state index >= 15 is 0 Å². The van der Waals surface area contributed by atoms with Crippen LogP contribution < -0.4 is 10.9 Å². The molecule has 0 fully saturated rings. The number of hydrogen-bond donors (Lipinski definition) is 2. The second kappa shape index (κ2) is 7.23. The molecule has 1 aromatic carbocycles. The summed E-state index contributed by atoms with van der Waals surface area (Å²) >= 11 is 0. The predicted molar refractivity (Wildman–Crippen MR) is 84.1 cm³/mol. The molecule has 0 radical (unpaired) electrons. The van der Waals surface area contributed by atoms with Crippen molar-refractivity contribution >= 4 is 23.5 Å². The number of benzene rings is 1. The number of methoxy groups -OCH3 is 2. The van der Waals surface area contributed by atoms with E-state index in [0.29, 0.717) is 0 Å². The number of carbonyl (C=O) groups is 3. The van der Waals surface area contributed by atoms with Gasteiger partial charge in [-0.05, 0) is 24.3 Å². The first-order chi connectivity index (χ1) is 11.5. The van der Waals surface area contributed by atoms with Crippen LogP contribution in [-0.2, 0) is 9.47 Å². The van der Waals surface area contributed by atoms with E-state index in [0.717, 1.165) is 6.07 Å². The van der Waals surface area contributed by atoms with E-state index in [1.807, 2.05) is 0 Å². The average Bonchev–Trinajstić information content (AvgIpc) is 2.60. The van der Waals surface area contributed by atoms with E-state index in [4.69, 9.17) is 0 Å². The number of rotatable bonds is 4. The molecule has 8 heteroatoms. The Balaban J connectivity index is 2.42. The maximum atomic E-state index is 12.2. The molecule has 2 aromatic rings. The Morgan fingerprint density at radius 2 is 1.67 bits per heavy atom. The lowest BCUT2D eigenvalue weighted by Crippen LogP contribution is -2.18. The highest BCUT2D eigenvalue weighted by Crippen LogP contribution is 2.20. The fourth-order valence-electron chi connectivity index (χ4n) is 1.96. The standard InChI is InChI=1S/C16H14N2O6/c1-23-15(21)10-3-4-11(16(22)24-2)12(7-10)18-14(20)9-5-6-17-13(19)8-9/h3-8H,1-2H3,(H,17,19)(H,18,20). The fraction of sp³-hybridized carbons (Fsp3) is 0.125. The summed E-state index contributed by atoms with van der Waals surface area (Å²) in [6.07, 6.45) is 1.32. The van der Waals surface area contributed by atoms with Crippen molar-refractivity contribution in [2.24, 2.45) is 0 Å². The smallest absolute Gasteiger partial charge is 0.339 e. The topological polar surface area (TPSA) is 115 Å². The minimum atomic E-state index is -0.687. The van der Waals surface area contributed by atoms with Gasteiger partial charge < -0.3 is 19.8 Å². The molecule has 0 atom stereocenters. The summed E-state index contributed by atoms with van der Waals surface area (Å²) in [5.74, 6) is -1.93. The van der Waals surface area contributed by atoms with Gasteiger partial charge >= 0.3 is 11.9 Å². The van der Waals surface area contributed by atoms with E-state index in [-0.39, 0.29) is 22.4 Å². The zero-order valence-electron chi connectivity index (χ0n) is 12.9. The van der Waals surface area contributed by atoms with Crippen LogP contribution in [-0.4, -0.2) is 37.0 Å². The number of hydrogen-bond acceptors (Lipinski definition) is 6. The van der Waals surface area contributed by atoms with Gasteiger partial charge in [0.1, 0.15) is 0 Å². The number of anilines is 1. The summed E-state index contributed by atoms with van der Waals surface area (Å²) in [5, 5.41) is 2.49. The third-order valence-electron chi connectivity index (χ3n) is 3.13. The number of aromatic nitrogens is 1. The molecule has 24 heavy (non-hydrogen) atoms. The molecule has 8 nitrogen and oxygen atoms in total. The molecule has 2 rings (SSSR count). The second-order valence-electron chi connectivity index (χ2n) is 4.64. The van der Waals surface area contributed by atoms with E-state index in [9.17, 15) is 19.2 Å². The molecule has 0 bridgehead atoms. The van der Waals surface area contributed by atoms with Crippen molar-refractivity contribution in [3.63, 3.8) is 0 Å². The van der Waals surface area contributed by atoms with Gasteiger partial charge in [0.15, 0.2) is 0 Å². The summed E-state index contributed by atoms with van der Waals surface area (Å²) < 4.78 is 9.26. The Kier molecular flexibility index (Phi) is 5.10. The molecule has 0 saturated heterocycles. The first-order valence-electron chi connectivity index (χ1n) is 6.77. The molecule has 1 aromatic heterocycles. The zero-order valence-corrected chi connectivity index (χ0v) is 12.9. The Morgan fingerprint density at radius 1 is 0.958 bits per heavy atom. The zero-order chi connectivity index (χ0) is 17.7. The second-order valence-corrected chi connectivity index (χ2v) is 4.64. The number of nitrogens with one attached hydrogen (secondary N) is 2. The Bertz CT molecular complexity index is 856. The summed E-state index contributed by atoms with van der Waals surface area (Å²) in [6, 6.07) is 6.52. The maximum absolute atomic E-state index is 12.2. The van der Waals surface area contributed by atoms with Gasteiger partial charge in [-0.15, -0.1) is 0 Å². The summed E-state index contributed by atoms with van der Waals surface area (Å²) in [6.45, 7) is 0. The monoisotopic (exact) mass is 330 g/mol. The van der Waals surface area contributed by atoms with E-state index in [1.165, 1.54) is 44.7 Å². The lowest BCUT2D eigenvalue weighted by Gasteiger charge is -2.11. The SMILES string of the molecule is COC(=O)c1ccc(C(=O)OC)c(NC(=O)c2cc[nH]c(=O)c2)c1. The van der Waals surface area contributed by atoms with Crippen LogP contribution in [0.15, 0.2) is 41.3 Å². The molecule has 0 unspecified atom stereocenters. The van der Waals surface area contributed by atoms with Gasteiger partial charge in [0, 0.05) is 17.8 Å². The van der Waals surface area contributed by atoms with Crippen LogP contribution in [0.2, 0.25) is 0 Å². The van der Waals surface area contributed by atoms with E-state index in [2.05, 4.69) is 19.8 Å². The number of carbonyl (C=O) groups excluding carboxylic acids is 3. The van der Waals surface area contributed by atoms with Crippen LogP contribution in [0.1, 0.15) is 31.1 Å². The van der Waals surface area contributed by atoms with Crippen LogP contribution in [0.3, 0.4) is 0 Å². The molecule has 0 aliphatic rings.